The Bertz CT molecular complexity index is 50.9. The molecule has 0 bridgehead atoms. The summed E-state index contributed by atoms with van der Waals surface area (Å²) in [4.78, 5) is 3.83. The van der Waals surface area contributed by atoms with E-state index >= 15 is 0 Å². The predicted octanol–water partition coefficient (Wildman–Crippen LogP) is -1.03. The number of hydrogen-bond acceptors (Lipinski definition) is 3. The second-order valence-electron chi connectivity index (χ2n) is 1.11. The Hall–Kier alpha value is -0.410. The highest BCUT2D eigenvalue weighted by atomic mass is 14.8. The molecule has 0 aliphatic carbocycles. The molecule has 42 valence electrons. The van der Waals surface area contributed by atoms with Gasteiger partial charge in [0.05, 0.1) is 6.54 Å². The van der Waals surface area contributed by atoms with Gasteiger partial charge in [-0.05, 0) is 0 Å². The van der Waals surface area contributed by atoms with Crippen molar-refractivity contribution >= 4 is 6.21 Å². The van der Waals surface area contributed by atoms with Gasteiger partial charge in [0.15, 0.2) is 0 Å². The van der Waals surface area contributed by atoms with Gasteiger partial charge in [0.25, 0.3) is 0 Å². The Balaban J connectivity index is 2.78. The van der Waals surface area contributed by atoms with Crippen LogP contribution in [0.1, 0.15) is 0 Å². The highest BCUT2D eigenvalue weighted by Crippen LogP contribution is 1.58. The number of nitrogens with zero attached hydrogens (tertiary/aromatic N) is 1. The normalized spacial score (nSPS) is 10.6. The van der Waals surface area contributed by atoms with Crippen LogP contribution in [0, 0.1) is 0 Å². The summed E-state index contributed by atoms with van der Waals surface area (Å²) in [6.07, 6.45) is 1.66. The van der Waals surface area contributed by atoms with Crippen LogP contribution in [-0.4, -0.2) is 25.8 Å². The van der Waals surface area contributed by atoms with E-state index in [0.717, 1.165) is 0 Å². The first kappa shape index (κ1) is 6.59. The molecule has 0 aromatic rings. The van der Waals surface area contributed by atoms with Gasteiger partial charge in [-0.1, -0.05) is 0 Å². The van der Waals surface area contributed by atoms with Gasteiger partial charge >= 0.3 is 0 Å². The molecule has 0 spiro atoms. The molecule has 0 aromatic carbocycles. The van der Waals surface area contributed by atoms with Gasteiger partial charge in [-0.15, -0.1) is 0 Å². The van der Waals surface area contributed by atoms with Crippen LogP contribution in [0.25, 0.3) is 0 Å². The van der Waals surface area contributed by atoms with Crippen molar-refractivity contribution in [1.29, 1.82) is 0 Å². The minimum Gasteiger partial charge on any atom is -0.329 e. The summed E-state index contributed by atoms with van der Waals surface area (Å²) in [6.45, 7) is 1.81. The molecular formula is C4H11N3. The summed E-state index contributed by atoms with van der Waals surface area (Å²) in [5.74, 6) is 0. The van der Waals surface area contributed by atoms with Crippen molar-refractivity contribution < 1.29 is 0 Å². The van der Waals surface area contributed by atoms with E-state index in [1.54, 1.807) is 6.21 Å². The molecule has 0 saturated heterocycles. The zero-order chi connectivity index (χ0) is 5.54. The zero-order valence-corrected chi connectivity index (χ0v) is 4.30. The lowest BCUT2D eigenvalue weighted by molar-refractivity contribution is 0.976. The molecule has 0 heterocycles. The third kappa shape index (κ3) is 5.59. The van der Waals surface area contributed by atoms with E-state index in [-0.39, 0.29) is 0 Å². The Morgan fingerprint density at radius 1 is 1.43 bits per heavy atom. The third-order valence-electron chi connectivity index (χ3n) is 0.493. The molecule has 3 nitrogen and oxygen atoms in total. The first-order valence-electron chi connectivity index (χ1n) is 2.30. The van der Waals surface area contributed by atoms with Crippen molar-refractivity contribution in [1.82, 2.24) is 0 Å². The topological polar surface area (TPSA) is 64.4 Å². The summed E-state index contributed by atoms with van der Waals surface area (Å²) >= 11 is 0. The fourth-order valence-corrected chi connectivity index (χ4v) is 0.240. The van der Waals surface area contributed by atoms with Crippen LogP contribution >= 0.6 is 0 Å². The first-order chi connectivity index (χ1) is 3.41. The van der Waals surface area contributed by atoms with Gasteiger partial charge in [0.2, 0.25) is 0 Å². The molecule has 0 atom stereocenters. The van der Waals surface area contributed by atoms with E-state index in [0.29, 0.717) is 19.6 Å². The number of nitrogens with two attached hydrogens (primary N) is 2. The quantitative estimate of drug-likeness (QED) is 0.447. The molecule has 0 fully saturated rings. The Kier molecular flexibility index (Phi) is 5.26. The van der Waals surface area contributed by atoms with Crippen LogP contribution in [0.3, 0.4) is 0 Å². The lowest BCUT2D eigenvalue weighted by Gasteiger charge is -1.81. The molecule has 7 heavy (non-hydrogen) atoms. The maximum absolute atomic E-state index is 5.11. The lowest BCUT2D eigenvalue weighted by atomic mass is 10.6. The fourth-order valence-electron chi connectivity index (χ4n) is 0.240. The monoisotopic (exact) mass is 101 g/mol. The fraction of sp³-hybridized carbons (Fsp3) is 0.750. The second-order valence-corrected chi connectivity index (χ2v) is 1.11. The van der Waals surface area contributed by atoms with E-state index in [1.165, 1.54) is 0 Å². The van der Waals surface area contributed by atoms with E-state index in [1.807, 2.05) is 0 Å². The standard InChI is InChI=1S/C4H11N3/c5-1-3-7-4-2-6/h3H,1-2,4-6H2. The van der Waals surface area contributed by atoms with E-state index in [4.69, 9.17) is 11.5 Å². The molecule has 4 N–H and O–H groups in total. The van der Waals surface area contributed by atoms with E-state index < -0.39 is 0 Å². The van der Waals surface area contributed by atoms with Crippen molar-refractivity contribution in [2.45, 2.75) is 0 Å². The van der Waals surface area contributed by atoms with Crippen LogP contribution in [0.4, 0.5) is 0 Å². The Labute approximate surface area is 43.4 Å². The lowest BCUT2D eigenvalue weighted by Crippen LogP contribution is -2.05. The van der Waals surface area contributed by atoms with Crippen LogP contribution in [0.2, 0.25) is 0 Å². The largest absolute Gasteiger partial charge is 0.329 e. The van der Waals surface area contributed by atoms with Gasteiger partial charge in [0.1, 0.15) is 0 Å². The van der Waals surface area contributed by atoms with Gasteiger partial charge < -0.3 is 11.5 Å². The maximum atomic E-state index is 5.11. The van der Waals surface area contributed by atoms with Crippen molar-refractivity contribution in [2.24, 2.45) is 16.5 Å². The summed E-state index contributed by atoms with van der Waals surface area (Å²) in [7, 11) is 0. The maximum Gasteiger partial charge on any atom is 0.0508 e. The summed E-state index contributed by atoms with van der Waals surface area (Å²) in [6, 6.07) is 0. The van der Waals surface area contributed by atoms with Gasteiger partial charge in [-0.2, -0.15) is 0 Å². The molecule has 0 aromatic heterocycles. The van der Waals surface area contributed by atoms with Crippen molar-refractivity contribution in [3.8, 4) is 0 Å². The van der Waals surface area contributed by atoms with E-state index in [9.17, 15) is 0 Å². The molecule has 0 radical (unpaired) electrons. The minimum atomic E-state index is 0.514. The highest BCUT2D eigenvalue weighted by molar-refractivity contribution is 5.59. The van der Waals surface area contributed by atoms with Crippen LogP contribution < -0.4 is 11.5 Å². The van der Waals surface area contributed by atoms with Crippen LogP contribution in [-0.2, 0) is 0 Å². The number of aliphatic imine (C=N–C) groups is 1. The van der Waals surface area contributed by atoms with Crippen molar-refractivity contribution in [3.63, 3.8) is 0 Å². The smallest absolute Gasteiger partial charge is 0.0508 e. The van der Waals surface area contributed by atoms with Crippen LogP contribution in [0.5, 0.6) is 0 Å². The second kappa shape index (κ2) is 5.59. The molecule has 0 saturated carbocycles. The molecule has 0 aliphatic heterocycles. The van der Waals surface area contributed by atoms with Gasteiger partial charge in [0, 0.05) is 19.3 Å². The third-order valence-corrected chi connectivity index (χ3v) is 0.493. The van der Waals surface area contributed by atoms with Gasteiger partial charge in [-0.25, -0.2) is 0 Å². The minimum absolute atomic E-state index is 0.514. The SMILES string of the molecule is NCC=NCCN. The van der Waals surface area contributed by atoms with Gasteiger partial charge in [-0.3, -0.25) is 4.99 Å². The number of hydrogen-bond donors (Lipinski definition) is 2. The van der Waals surface area contributed by atoms with E-state index in [2.05, 4.69) is 4.99 Å². The van der Waals surface area contributed by atoms with Crippen LogP contribution in [0.15, 0.2) is 4.99 Å². The molecule has 0 aliphatic rings. The Morgan fingerprint density at radius 2 is 2.14 bits per heavy atom. The molecule has 3 heteroatoms. The van der Waals surface area contributed by atoms with Crippen molar-refractivity contribution in [2.75, 3.05) is 19.6 Å². The number of rotatable bonds is 3. The molecular weight excluding hydrogens is 90.1 g/mol. The highest BCUT2D eigenvalue weighted by Gasteiger charge is 1.67. The molecule has 0 rings (SSSR count). The summed E-state index contributed by atoms with van der Waals surface area (Å²) < 4.78 is 0. The Morgan fingerprint density at radius 3 is 2.57 bits per heavy atom. The first-order valence-corrected chi connectivity index (χ1v) is 2.30. The average Bonchev–Trinajstić information content (AvgIpc) is 1.69. The predicted molar refractivity (Wildman–Crippen MR) is 31.5 cm³/mol. The average molecular weight is 101 g/mol. The zero-order valence-electron chi connectivity index (χ0n) is 4.30. The summed E-state index contributed by atoms with van der Waals surface area (Å²) in [5, 5.41) is 0. The molecule has 0 amide bonds. The summed E-state index contributed by atoms with van der Waals surface area (Å²) in [5.41, 5.74) is 10.2. The molecule has 0 unspecified atom stereocenters. The van der Waals surface area contributed by atoms with Crippen molar-refractivity contribution in [3.05, 3.63) is 0 Å².